The zero-order valence-electron chi connectivity index (χ0n) is 11.4. The van der Waals surface area contributed by atoms with Gasteiger partial charge in [-0.2, -0.15) is 0 Å². The first-order valence-electron chi connectivity index (χ1n) is 6.14. The lowest BCUT2D eigenvalue weighted by atomic mass is 10.0. The molecule has 112 valence electrons. The fourth-order valence-electron chi connectivity index (χ4n) is 2.29. The molecule has 0 aromatic heterocycles. The summed E-state index contributed by atoms with van der Waals surface area (Å²) in [4.78, 5) is 0.0923. The highest BCUT2D eigenvalue weighted by atomic mass is 32.2. The van der Waals surface area contributed by atoms with Crippen molar-refractivity contribution in [3.05, 3.63) is 23.8 Å². The second-order valence-electron chi connectivity index (χ2n) is 5.53. The number of anilines is 1. The van der Waals surface area contributed by atoms with Gasteiger partial charge in [0.2, 0.25) is 10.0 Å². The minimum Gasteiger partial charge on any atom is -0.399 e. The summed E-state index contributed by atoms with van der Waals surface area (Å²) < 4.78 is 50.2. The zero-order valence-corrected chi connectivity index (χ0v) is 13.0. The maximum Gasteiger partial charge on any atom is 0.241 e. The molecule has 1 unspecified atom stereocenters. The molecule has 0 bridgehead atoms. The lowest BCUT2D eigenvalue weighted by molar-refractivity contribution is 0.462. The van der Waals surface area contributed by atoms with Crippen LogP contribution in [0.25, 0.3) is 0 Å². The number of sulfone groups is 1. The first-order chi connectivity index (χ1) is 9.03. The second kappa shape index (κ2) is 4.71. The molecule has 1 aromatic carbocycles. The Morgan fingerprint density at radius 1 is 1.35 bits per heavy atom. The molecule has 1 aliphatic heterocycles. The van der Waals surface area contributed by atoms with Crippen molar-refractivity contribution in [2.45, 2.75) is 30.7 Å². The predicted molar refractivity (Wildman–Crippen MR) is 77.6 cm³/mol. The molecule has 6 nitrogen and oxygen atoms in total. The van der Waals surface area contributed by atoms with E-state index in [-0.39, 0.29) is 22.8 Å². The van der Waals surface area contributed by atoms with Crippen molar-refractivity contribution in [3.63, 3.8) is 0 Å². The van der Waals surface area contributed by atoms with E-state index in [1.165, 1.54) is 18.2 Å². The van der Waals surface area contributed by atoms with Gasteiger partial charge in [0, 0.05) is 11.2 Å². The van der Waals surface area contributed by atoms with Crippen molar-refractivity contribution in [2.24, 2.45) is 0 Å². The van der Waals surface area contributed by atoms with Crippen LogP contribution in [0.5, 0.6) is 0 Å². The number of nitrogens with two attached hydrogens (primary N) is 1. The molecule has 1 atom stereocenters. The van der Waals surface area contributed by atoms with Crippen LogP contribution in [0.1, 0.15) is 18.9 Å². The Morgan fingerprint density at radius 3 is 2.50 bits per heavy atom. The standard InChI is InChI=1S/C12H18N2O4S2/c1-9-7-10(3-4-11(9)13)20(17,18)14-12(2)5-6-19(15,16)8-12/h3-4,7,14H,5-6,8,13H2,1-2H3. The van der Waals surface area contributed by atoms with E-state index >= 15 is 0 Å². The van der Waals surface area contributed by atoms with Gasteiger partial charge in [0.25, 0.3) is 0 Å². The predicted octanol–water partition coefficient (Wildman–Crippen LogP) is 0.433. The SMILES string of the molecule is Cc1cc(S(=O)(=O)NC2(C)CCS(=O)(=O)C2)ccc1N. The third-order valence-electron chi connectivity index (χ3n) is 3.44. The van der Waals surface area contributed by atoms with Gasteiger partial charge in [0.05, 0.1) is 16.4 Å². The van der Waals surface area contributed by atoms with Crippen molar-refractivity contribution >= 4 is 25.5 Å². The molecule has 1 heterocycles. The monoisotopic (exact) mass is 318 g/mol. The maximum absolute atomic E-state index is 12.3. The van der Waals surface area contributed by atoms with E-state index in [9.17, 15) is 16.8 Å². The molecule has 2 rings (SSSR count). The van der Waals surface area contributed by atoms with Gasteiger partial charge in [-0.25, -0.2) is 21.6 Å². The van der Waals surface area contributed by atoms with E-state index in [1.54, 1.807) is 13.8 Å². The summed E-state index contributed by atoms with van der Waals surface area (Å²) >= 11 is 0. The van der Waals surface area contributed by atoms with Gasteiger partial charge in [-0.15, -0.1) is 0 Å². The first-order valence-corrected chi connectivity index (χ1v) is 9.44. The lowest BCUT2D eigenvalue weighted by Gasteiger charge is -2.23. The van der Waals surface area contributed by atoms with Gasteiger partial charge in [0.1, 0.15) is 0 Å². The summed E-state index contributed by atoms with van der Waals surface area (Å²) in [5.41, 5.74) is 5.89. The van der Waals surface area contributed by atoms with Gasteiger partial charge in [-0.1, -0.05) is 0 Å². The first kappa shape index (κ1) is 15.3. The molecule has 1 fully saturated rings. The Balaban J connectivity index is 2.30. The number of nitrogen functional groups attached to an aromatic ring is 1. The van der Waals surface area contributed by atoms with Crippen LogP contribution in [-0.2, 0) is 19.9 Å². The van der Waals surface area contributed by atoms with Gasteiger partial charge >= 0.3 is 0 Å². The van der Waals surface area contributed by atoms with Gasteiger partial charge < -0.3 is 5.73 Å². The molecule has 0 saturated carbocycles. The highest BCUT2D eigenvalue weighted by molar-refractivity contribution is 7.92. The quantitative estimate of drug-likeness (QED) is 0.786. The van der Waals surface area contributed by atoms with E-state index in [4.69, 9.17) is 5.73 Å². The average molecular weight is 318 g/mol. The molecule has 1 aliphatic rings. The Bertz CT molecular complexity index is 741. The topological polar surface area (TPSA) is 106 Å². The molecular formula is C12H18N2O4S2. The minimum atomic E-state index is -3.76. The number of benzene rings is 1. The maximum atomic E-state index is 12.3. The van der Waals surface area contributed by atoms with E-state index in [0.717, 1.165) is 0 Å². The Labute approximate surface area is 119 Å². The lowest BCUT2D eigenvalue weighted by Crippen LogP contribution is -2.46. The van der Waals surface area contributed by atoms with Gasteiger partial charge in [0.15, 0.2) is 9.84 Å². The molecule has 0 radical (unpaired) electrons. The zero-order chi connectivity index (χ0) is 15.2. The molecule has 1 aromatic rings. The van der Waals surface area contributed by atoms with Crippen LogP contribution < -0.4 is 10.5 Å². The van der Waals surface area contributed by atoms with E-state index < -0.39 is 25.4 Å². The van der Waals surface area contributed by atoms with Crippen LogP contribution in [0.3, 0.4) is 0 Å². The second-order valence-corrected chi connectivity index (χ2v) is 9.39. The molecule has 8 heteroatoms. The summed E-state index contributed by atoms with van der Waals surface area (Å²) in [6.45, 7) is 3.33. The Hall–Kier alpha value is -1.12. The Morgan fingerprint density at radius 2 is 2.00 bits per heavy atom. The number of rotatable bonds is 3. The fraction of sp³-hybridized carbons (Fsp3) is 0.500. The molecule has 0 amide bonds. The number of hydrogen-bond donors (Lipinski definition) is 2. The number of nitrogens with one attached hydrogen (secondary N) is 1. The molecule has 20 heavy (non-hydrogen) atoms. The van der Waals surface area contributed by atoms with Crippen LogP contribution in [0.15, 0.2) is 23.1 Å². The summed E-state index contributed by atoms with van der Waals surface area (Å²) in [7, 11) is -6.93. The van der Waals surface area contributed by atoms with Gasteiger partial charge in [-0.05, 0) is 44.0 Å². The average Bonchev–Trinajstić information content (AvgIpc) is 2.55. The van der Waals surface area contributed by atoms with Crippen molar-refractivity contribution in [3.8, 4) is 0 Å². The number of aryl methyl sites for hydroxylation is 1. The Kier molecular flexibility index (Phi) is 3.60. The smallest absolute Gasteiger partial charge is 0.241 e. The van der Waals surface area contributed by atoms with Crippen molar-refractivity contribution in [1.29, 1.82) is 0 Å². The van der Waals surface area contributed by atoms with E-state index in [1.807, 2.05) is 0 Å². The summed E-state index contributed by atoms with van der Waals surface area (Å²) in [5, 5.41) is 0. The van der Waals surface area contributed by atoms with Crippen molar-refractivity contribution in [2.75, 3.05) is 17.2 Å². The molecule has 0 spiro atoms. The third-order valence-corrected chi connectivity index (χ3v) is 6.97. The van der Waals surface area contributed by atoms with Crippen LogP contribution in [0, 0.1) is 6.92 Å². The molecule has 0 aliphatic carbocycles. The normalized spacial score (nSPS) is 25.7. The highest BCUT2D eigenvalue weighted by Crippen LogP contribution is 2.26. The molecular weight excluding hydrogens is 300 g/mol. The number of sulfonamides is 1. The molecule has 3 N–H and O–H groups in total. The van der Waals surface area contributed by atoms with Crippen LogP contribution in [0.4, 0.5) is 5.69 Å². The van der Waals surface area contributed by atoms with E-state index in [0.29, 0.717) is 11.3 Å². The van der Waals surface area contributed by atoms with E-state index in [2.05, 4.69) is 4.72 Å². The highest BCUT2D eigenvalue weighted by Gasteiger charge is 2.41. The number of hydrogen-bond acceptors (Lipinski definition) is 5. The van der Waals surface area contributed by atoms with Crippen molar-refractivity contribution in [1.82, 2.24) is 4.72 Å². The summed E-state index contributed by atoms with van der Waals surface area (Å²) in [6.07, 6.45) is 0.280. The van der Waals surface area contributed by atoms with Gasteiger partial charge in [-0.3, -0.25) is 0 Å². The van der Waals surface area contributed by atoms with Crippen LogP contribution in [0.2, 0.25) is 0 Å². The minimum absolute atomic E-state index is 0.00673. The largest absolute Gasteiger partial charge is 0.399 e. The van der Waals surface area contributed by atoms with Crippen LogP contribution in [-0.4, -0.2) is 33.9 Å². The van der Waals surface area contributed by atoms with Crippen LogP contribution >= 0.6 is 0 Å². The third kappa shape index (κ3) is 3.13. The summed E-state index contributed by atoms with van der Waals surface area (Å²) in [6, 6.07) is 4.42. The molecule has 1 saturated heterocycles. The fourth-order valence-corrected chi connectivity index (χ4v) is 5.99. The summed E-state index contributed by atoms with van der Waals surface area (Å²) in [5.74, 6) is -0.167. The van der Waals surface area contributed by atoms with Crippen molar-refractivity contribution < 1.29 is 16.8 Å².